The smallest absolute Gasteiger partial charge is 0.140 e. The molecule has 1 fully saturated rings. The van der Waals surface area contributed by atoms with Crippen molar-refractivity contribution in [1.82, 2.24) is 0 Å². The van der Waals surface area contributed by atoms with Crippen molar-refractivity contribution in [2.24, 2.45) is 11.3 Å². The van der Waals surface area contributed by atoms with Crippen molar-refractivity contribution >= 4 is 5.78 Å². The van der Waals surface area contributed by atoms with Crippen molar-refractivity contribution in [2.75, 3.05) is 0 Å². The number of ether oxygens (including phenoxy) is 1. The molecule has 1 saturated heterocycles. The van der Waals surface area contributed by atoms with E-state index in [1.54, 1.807) is 0 Å². The van der Waals surface area contributed by atoms with E-state index >= 15 is 0 Å². The van der Waals surface area contributed by atoms with Gasteiger partial charge in [-0.05, 0) is 12.3 Å². The lowest BCUT2D eigenvalue weighted by molar-refractivity contribution is -0.130. The second kappa shape index (κ2) is 5.68. The van der Waals surface area contributed by atoms with Crippen LogP contribution in [-0.4, -0.2) is 40.4 Å². The Labute approximate surface area is 109 Å². The summed E-state index contributed by atoms with van der Waals surface area (Å²) >= 11 is 0. The Kier molecular flexibility index (Phi) is 4.92. The Hall–Kier alpha value is -0.450. The number of rotatable bonds is 4. The first kappa shape index (κ1) is 15.6. The molecule has 1 rings (SSSR count). The predicted molar refractivity (Wildman–Crippen MR) is 69.2 cm³/mol. The predicted octanol–water partition coefficient (Wildman–Crippen LogP) is 1.53. The average molecular weight is 258 g/mol. The van der Waals surface area contributed by atoms with E-state index in [0.717, 1.165) is 0 Å². The standard InChI is InChI=1S/C14H26O4/c1-8(2)6-9-12(16)13(17)10(18-9)7-11(15)14(3,4)5/h8-10,12-13,16-17H,6-7H2,1-5H3. The zero-order valence-corrected chi connectivity index (χ0v) is 12.0. The summed E-state index contributed by atoms with van der Waals surface area (Å²) in [6.07, 6.45) is -1.92. The zero-order valence-electron chi connectivity index (χ0n) is 12.0. The molecule has 0 aromatic rings. The molecule has 4 unspecified atom stereocenters. The Bertz CT molecular complexity index is 293. The van der Waals surface area contributed by atoms with Gasteiger partial charge in [-0.15, -0.1) is 0 Å². The highest BCUT2D eigenvalue weighted by Crippen LogP contribution is 2.30. The molecule has 0 amide bonds. The van der Waals surface area contributed by atoms with E-state index in [9.17, 15) is 15.0 Å². The highest BCUT2D eigenvalue weighted by molar-refractivity contribution is 5.84. The SMILES string of the molecule is CC(C)CC1OC(CC(=O)C(C)(C)C)C(O)C1O. The molecule has 0 saturated carbocycles. The molecular formula is C14H26O4. The van der Waals surface area contributed by atoms with Crippen LogP contribution in [0, 0.1) is 11.3 Å². The van der Waals surface area contributed by atoms with Gasteiger partial charge >= 0.3 is 0 Å². The molecule has 18 heavy (non-hydrogen) atoms. The summed E-state index contributed by atoms with van der Waals surface area (Å²) in [6.45, 7) is 9.61. The van der Waals surface area contributed by atoms with E-state index in [1.165, 1.54) is 0 Å². The number of hydrogen-bond donors (Lipinski definition) is 2. The minimum Gasteiger partial charge on any atom is -0.388 e. The lowest BCUT2D eigenvalue weighted by atomic mass is 9.86. The van der Waals surface area contributed by atoms with Gasteiger partial charge in [0, 0.05) is 11.8 Å². The summed E-state index contributed by atoms with van der Waals surface area (Å²) in [7, 11) is 0. The number of ketones is 1. The lowest BCUT2D eigenvalue weighted by Crippen LogP contribution is -2.35. The molecule has 2 N–H and O–H groups in total. The summed E-state index contributed by atoms with van der Waals surface area (Å²) in [5.41, 5.74) is -0.440. The van der Waals surface area contributed by atoms with Crippen LogP contribution < -0.4 is 0 Å². The number of Topliss-reactive ketones (excluding diaryl/α,β-unsaturated/α-hetero) is 1. The number of aliphatic hydroxyl groups excluding tert-OH is 2. The van der Waals surface area contributed by atoms with Crippen LogP contribution in [-0.2, 0) is 9.53 Å². The molecule has 0 bridgehead atoms. The summed E-state index contributed by atoms with van der Waals surface area (Å²) in [5, 5.41) is 19.8. The molecule has 106 valence electrons. The first-order valence-corrected chi connectivity index (χ1v) is 6.67. The van der Waals surface area contributed by atoms with Crippen molar-refractivity contribution in [3.63, 3.8) is 0 Å². The molecule has 0 aromatic carbocycles. The minimum absolute atomic E-state index is 0.0453. The van der Waals surface area contributed by atoms with Crippen LogP contribution in [0.1, 0.15) is 47.5 Å². The highest BCUT2D eigenvalue weighted by Gasteiger charge is 2.44. The lowest BCUT2D eigenvalue weighted by Gasteiger charge is -2.21. The summed E-state index contributed by atoms with van der Waals surface area (Å²) in [6, 6.07) is 0. The molecule has 1 aliphatic rings. The first-order chi connectivity index (χ1) is 8.12. The van der Waals surface area contributed by atoms with Crippen molar-refractivity contribution in [3.05, 3.63) is 0 Å². The maximum Gasteiger partial charge on any atom is 0.140 e. The Morgan fingerprint density at radius 1 is 1.17 bits per heavy atom. The Morgan fingerprint density at radius 2 is 1.67 bits per heavy atom. The first-order valence-electron chi connectivity index (χ1n) is 6.67. The minimum atomic E-state index is -0.958. The van der Waals surface area contributed by atoms with Crippen molar-refractivity contribution in [3.8, 4) is 0 Å². The van der Waals surface area contributed by atoms with E-state index in [1.807, 2.05) is 34.6 Å². The van der Waals surface area contributed by atoms with Crippen LogP contribution in [0.4, 0.5) is 0 Å². The van der Waals surface area contributed by atoms with Crippen LogP contribution in [0.2, 0.25) is 0 Å². The molecule has 0 radical (unpaired) electrons. The molecule has 0 aliphatic carbocycles. The molecule has 4 heteroatoms. The van der Waals surface area contributed by atoms with Gasteiger partial charge < -0.3 is 14.9 Å². The van der Waals surface area contributed by atoms with Crippen molar-refractivity contribution in [1.29, 1.82) is 0 Å². The summed E-state index contributed by atoms with van der Waals surface area (Å²) < 4.78 is 5.64. The van der Waals surface area contributed by atoms with E-state index in [0.29, 0.717) is 12.3 Å². The second-order valence-corrected chi connectivity index (χ2v) is 6.70. The molecule has 1 heterocycles. The van der Waals surface area contributed by atoms with Gasteiger partial charge in [0.05, 0.1) is 12.2 Å². The number of aliphatic hydroxyl groups is 2. The van der Waals surface area contributed by atoms with Crippen LogP contribution in [0.5, 0.6) is 0 Å². The Morgan fingerprint density at radius 3 is 2.11 bits per heavy atom. The number of hydrogen-bond acceptors (Lipinski definition) is 4. The monoisotopic (exact) mass is 258 g/mol. The van der Waals surface area contributed by atoms with Gasteiger partial charge in [-0.25, -0.2) is 0 Å². The van der Waals surface area contributed by atoms with Gasteiger partial charge in [0.25, 0.3) is 0 Å². The second-order valence-electron chi connectivity index (χ2n) is 6.70. The van der Waals surface area contributed by atoms with Crippen LogP contribution >= 0.6 is 0 Å². The fraction of sp³-hybridized carbons (Fsp3) is 0.929. The van der Waals surface area contributed by atoms with Crippen LogP contribution in [0.3, 0.4) is 0 Å². The third-order valence-electron chi connectivity index (χ3n) is 3.39. The topological polar surface area (TPSA) is 66.8 Å². The van der Waals surface area contributed by atoms with E-state index < -0.39 is 23.7 Å². The molecule has 1 aliphatic heterocycles. The third kappa shape index (κ3) is 3.77. The van der Waals surface area contributed by atoms with E-state index in [-0.39, 0.29) is 18.3 Å². The maximum absolute atomic E-state index is 11.9. The summed E-state index contributed by atoms with van der Waals surface area (Å²) in [4.78, 5) is 11.9. The molecule has 0 aromatic heterocycles. The largest absolute Gasteiger partial charge is 0.388 e. The van der Waals surface area contributed by atoms with E-state index in [2.05, 4.69) is 0 Å². The van der Waals surface area contributed by atoms with Crippen LogP contribution in [0.25, 0.3) is 0 Å². The number of carbonyl (C=O) groups is 1. The van der Waals surface area contributed by atoms with Gasteiger partial charge in [-0.3, -0.25) is 4.79 Å². The highest BCUT2D eigenvalue weighted by atomic mass is 16.5. The quantitative estimate of drug-likeness (QED) is 0.802. The third-order valence-corrected chi connectivity index (χ3v) is 3.39. The fourth-order valence-electron chi connectivity index (χ4n) is 2.14. The fourth-order valence-corrected chi connectivity index (χ4v) is 2.14. The van der Waals surface area contributed by atoms with Crippen molar-refractivity contribution < 1.29 is 19.7 Å². The van der Waals surface area contributed by atoms with E-state index in [4.69, 9.17) is 4.74 Å². The van der Waals surface area contributed by atoms with Gasteiger partial charge in [-0.2, -0.15) is 0 Å². The molecule has 4 nitrogen and oxygen atoms in total. The van der Waals surface area contributed by atoms with Crippen molar-refractivity contribution in [2.45, 2.75) is 71.9 Å². The molecular weight excluding hydrogens is 232 g/mol. The maximum atomic E-state index is 11.9. The molecule has 0 spiro atoms. The van der Waals surface area contributed by atoms with Gasteiger partial charge in [0.15, 0.2) is 0 Å². The van der Waals surface area contributed by atoms with Crippen LogP contribution in [0.15, 0.2) is 0 Å². The zero-order chi connectivity index (χ0) is 14.1. The normalized spacial score (nSPS) is 33.1. The Balaban J connectivity index is 2.61. The summed E-state index contributed by atoms with van der Waals surface area (Å²) in [5.74, 6) is 0.429. The van der Waals surface area contributed by atoms with Gasteiger partial charge in [0.2, 0.25) is 0 Å². The molecule has 4 atom stereocenters. The average Bonchev–Trinajstić information content (AvgIpc) is 2.44. The van der Waals surface area contributed by atoms with Gasteiger partial charge in [-0.1, -0.05) is 34.6 Å². The van der Waals surface area contributed by atoms with Gasteiger partial charge in [0.1, 0.15) is 18.0 Å². The number of carbonyl (C=O) groups excluding carboxylic acids is 1.